The minimum atomic E-state index is -0.267. The molecule has 2 aliphatic heterocycles. The number of carbonyl (C=O) groups excluding carboxylic acids is 2. The standard InChI is InChI=1S/C20H20N2O4/c1-21-20(24)16-8-13(19(23)22-14-9-25-10-14)7-15-17(11-26-18(15)16)12-5-3-2-4-6-12/h2-8,14,17H,9-11H2,1H3,(H,21,24)(H,22,23)/t17-/m1/s1. The molecule has 134 valence electrons. The smallest absolute Gasteiger partial charge is 0.254 e. The maximum Gasteiger partial charge on any atom is 0.254 e. The van der Waals surface area contributed by atoms with Gasteiger partial charge in [0.15, 0.2) is 0 Å². The lowest BCUT2D eigenvalue weighted by atomic mass is 9.90. The molecule has 2 aromatic carbocycles. The monoisotopic (exact) mass is 352 g/mol. The molecule has 4 rings (SSSR count). The molecule has 2 amide bonds. The van der Waals surface area contributed by atoms with Crippen LogP contribution in [0.15, 0.2) is 42.5 Å². The molecule has 2 aromatic rings. The third-order valence-corrected chi connectivity index (χ3v) is 4.80. The Morgan fingerprint density at radius 2 is 1.81 bits per heavy atom. The minimum absolute atomic E-state index is 0.00519. The quantitative estimate of drug-likeness (QED) is 0.878. The molecule has 2 N–H and O–H groups in total. The van der Waals surface area contributed by atoms with E-state index in [2.05, 4.69) is 10.6 Å². The number of nitrogens with one attached hydrogen (secondary N) is 2. The van der Waals surface area contributed by atoms with Crippen LogP contribution in [0, 0.1) is 0 Å². The Morgan fingerprint density at radius 3 is 2.46 bits per heavy atom. The summed E-state index contributed by atoms with van der Waals surface area (Å²) >= 11 is 0. The molecule has 26 heavy (non-hydrogen) atoms. The topological polar surface area (TPSA) is 76.7 Å². The Morgan fingerprint density at radius 1 is 1.04 bits per heavy atom. The van der Waals surface area contributed by atoms with Gasteiger partial charge in [-0.25, -0.2) is 0 Å². The fraction of sp³-hybridized carbons (Fsp3) is 0.300. The van der Waals surface area contributed by atoms with Crippen molar-refractivity contribution in [3.63, 3.8) is 0 Å². The van der Waals surface area contributed by atoms with Crippen LogP contribution in [0.1, 0.15) is 37.8 Å². The van der Waals surface area contributed by atoms with E-state index in [1.807, 2.05) is 36.4 Å². The zero-order valence-electron chi connectivity index (χ0n) is 14.5. The van der Waals surface area contributed by atoms with Gasteiger partial charge in [0.1, 0.15) is 5.75 Å². The van der Waals surface area contributed by atoms with E-state index >= 15 is 0 Å². The average molecular weight is 352 g/mol. The lowest BCUT2D eigenvalue weighted by Crippen LogP contribution is -2.48. The van der Waals surface area contributed by atoms with Gasteiger partial charge in [-0.2, -0.15) is 0 Å². The van der Waals surface area contributed by atoms with E-state index in [-0.39, 0.29) is 23.8 Å². The summed E-state index contributed by atoms with van der Waals surface area (Å²) in [6.45, 7) is 1.49. The van der Waals surface area contributed by atoms with E-state index in [1.54, 1.807) is 13.1 Å². The number of fused-ring (bicyclic) bond motifs is 1. The molecule has 0 saturated carbocycles. The molecule has 0 aliphatic carbocycles. The summed E-state index contributed by atoms with van der Waals surface area (Å²) in [6.07, 6.45) is 0. The fourth-order valence-corrected chi connectivity index (χ4v) is 3.31. The van der Waals surface area contributed by atoms with Crippen LogP contribution in [0.4, 0.5) is 0 Å². The Balaban J connectivity index is 1.75. The van der Waals surface area contributed by atoms with Gasteiger partial charge in [-0.05, 0) is 17.7 Å². The van der Waals surface area contributed by atoms with Crippen molar-refractivity contribution in [2.24, 2.45) is 0 Å². The van der Waals surface area contributed by atoms with Crippen LogP contribution < -0.4 is 15.4 Å². The number of amides is 2. The maximum absolute atomic E-state index is 12.6. The van der Waals surface area contributed by atoms with E-state index in [0.717, 1.165) is 11.1 Å². The van der Waals surface area contributed by atoms with Gasteiger partial charge in [0.2, 0.25) is 0 Å². The second-order valence-corrected chi connectivity index (χ2v) is 6.50. The molecule has 0 radical (unpaired) electrons. The highest BCUT2D eigenvalue weighted by Gasteiger charge is 2.32. The molecular formula is C20H20N2O4. The first-order valence-corrected chi connectivity index (χ1v) is 8.63. The van der Waals surface area contributed by atoms with Crippen LogP contribution >= 0.6 is 0 Å². The number of hydrogen-bond donors (Lipinski definition) is 2. The molecule has 1 saturated heterocycles. The third kappa shape index (κ3) is 2.93. The highest BCUT2D eigenvalue weighted by molar-refractivity contribution is 6.02. The molecule has 0 aromatic heterocycles. The summed E-state index contributed by atoms with van der Waals surface area (Å²) in [5.74, 6) is 0.0812. The zero-order chi connectivity index (χ0) is 18.1. The predicted octanol–water partition coefficient (Wildman–Crippen LogP) is 1.70. The molecule has 2 heterocycles. The van der Waals surface area contributed by atoms with Crippen molar-refractivity contribution in [3.8, 4) is 5.75 Å². The van der Waals surface area contributed by atoms with Crippen molar-refractivity contribution in [2.45, 2.75) is 12.0 Å². The maximum atomic E-state index is 12.6. The number of rotatable bonds is 4. The number of benzene rings is 2. The van der Waals surface area contributed by atoms with Gasteiger partial charge in [-0.3, -0.25) is 9.59 Å². The van der Waals surface area contributed by atoms with Crippen molar-refractivity contribution >= 4 is 11.8 Å². The van der Waals surface area contributed by atoms with Gasteiger partial charge in [-0.15, -0.1) is 0 Å². The van der Waals surface area contributed by atoms with Gasteiger partial charge in [-0.1, -0.05) is 30.3 Å². The van der Waals surface area contributed by atoms with Crippen LogP contribution in [0.3, 0.4) is 0 Å². The second-order valence-electron chi connectivity index (χ2n) is 6.50. The molecule has 0 unspecified atom stereocenters. The Hall–Kier alpha value is -2.86. The largest absolute Gasteiger partial charge is 0.491 e. The summed E-state index contributed by atoms with van der Waals surface area (Å²) in [5.41, 5.74) is 2.81. The van der Waals surface area contributed by atoms with E-state index in [1.165, 1.54) is 0 Å². The highest BCUT2D eigenvalue weighted by atomic mass is 16.5. The summed E-state index contributed by atoms with van der Waals surface area (Å²) in [6, 6.07) is 13.4. The zero-order valence-corrected chi connectivity index (χ0v) is 14.5. The fourth-order valence-electron chi connectivity index (χ4n) is 3.31. The molecule has 6 nitrogen and oxygen atoms in total. The summed E-state index contributed by atoms with van der Waals surface area (Å²) in [5, 5.41) is 5.55. The molecule has 6 heteroatoms. The summed E-state index contributed by atoms with van der Waals surface area (Å²) in [7, 11) is 1.57. The third-order valence-electron chi connectivity index (χ3n) is 4.80. The first-order valence-electron chi connectivity index (χ1n) is 8.63. The summed E-state index contributed by atoms with van der Waals surface area (Å²) in [4.78, 5) is 25.0. The van der Waals surface area contributed by atoms with Crippen molar-refractivity contribution in [2.75, 3.05) is 26.9 Å². The van der Waals surface area contributed by atoms with Crippen molar-refractivity contribution in [1.82, 2.24) is 10.6 Å². The molecule has 0 spiro atoms. The molecular weight excluding hydrogens is 332 g/mol. The van der Waals surface area contributed by atoms with E-state index < -0.39 is 0 Å². The van der Waals surface area contributed by atoms with E-state index in [9.17, 15) is 9.59 Å². The van der Waals surface area contributed by atoms with Crippen LogP contribution in [0.5, 0.6) is 5.75 Å². The van der Waals surface area contributed by atoms with Gasteiger partial charge < -0.3 is 20.1 Å². The number of carbonyl (C=O) groups is 2. The lowest BCUT2D eigenvalue weighted by molar-refractivity contribution is -0.00346. The lowest BCUT2D eigenvalue weighted by Gasteiger charge is -2.27. The SMILES string of the molecule is CNC(=O)c1cc(C(=O)NC2COC2)cc2c1OC[C@@H]2c1ccccc1. The van der Waals surface area contributed by atoms with E-state index in [0.29, 0.717) is 36.7 Å². The first-order chi connectivity index (χ1) is 12.7. The van der Waals surface area contributed by atoms with Gasteiger partial charge in [0.05, 0.1) is 31.4 Å². The number of hydrogen-bond acceptors (Lipinski definition) is 4. The average Bonchev–Trinajstić information content (AvgIpc) is 3.07. The van der Waals surface area contributed by atoms with E-state index in [4.69, 9.17) is 9.47 Å². The predicted molar refractivity (Wildman–Crippen MR) is 95.7 cm³/mol. The normalized spacial score (nSPS) is 18.4. The van der Waals surface area contributed by atoms with Crippen LogP contribution in [-0.2, 0) is 4.74 Å². The van der Waals surface area contributed by atoms with Gasteiger partial charge in [0.25, 0.3) is 11.8 Å². The van der Waals surface area contributed by atoms with Gasteiger partial charge >= 0.3 is 0 Å². The second kappa shape index (κ2) is 6.80. The molecule has 1 fully saturated rings. The Bertz CT molecular complexity index is 846. The Labute approximate surface area is 151 Å². The van der Waals surface area contributed by atoms with Crippen molar-refractivity contribution in [3.05, 3.63) is 64.7 Å². The van der Waals surface area contributed by atoms with Crippen LogP contribution in [0.2, 0.25) is 0 Å². The molecule has 1 atom stereocenters. The number of ether oxygens (including phenoxy) is 2. The van der Waals surface area contributed by atoms with Gasteiger partial charge in [0, 0.05) is 24.1 Å². The van der Waals surface area contributed by atoms with Crippen LogP contribution in [-0.4, -0.2) is 44.7 Å². The van der Waals surface area contributed by atoms with Crippen molar-refractivity contribution < 1.29 is 19.1 Å². The highest BCUT2D eigenvalue weighted by Crippen LogP contribution is 2.41. The molecule has 0 bridgehead atoms. The Kier molecular flexibility index (Phi) is 4.34. The molecule has 2 aliphatic rings. The minimum Gasteiger partial charge on any atom is -0.491 e. The van der Waals surface area contributed by atoms with Crippen molar-refractivity contribution in [1.29, 1.82) is 0 Å². The first kappa shape index (κ1) is 16.6. The van der Waals surface area contributed by atoms with Crippen LogP contribution in [0.25, 0.3) is 0 Å². The summed E-state index contributed by atoms with van der Waals surface area (Å²) < 4.78 is 11.0.